The summed E-state index contributed by atoms with van der Waals surface area (Å²) in [7, 11) is -3.76. The number of halogens is 1. The Labute approximate surface area is 130 Å². The van der Waals surface area contributed by atoms with Crippen LogP contribution in [0.3, 0.4) is 0 Å². The van der Waals surface area contributed by atoms with E-state index >= 15 is 0 Å². The summed E-state index contributed by atoms with van der Waals surface area (Å²) in [4.78, 5) is 8.05. The molecule has 2 rings (SSSR count). The molecule has 0 aliphatic heterocycles. The van der Waals surface area contributed by atoms with E-state index in [0.717, 1.165) is 0 Å². The normalized spacial score (nSPS) is 11.6. The Morgan fingerprint density at radius 2 is 2.19 bits per heavy atom. The molecule has 2 N–H and O–H groups in total. The van der Waals surface area contributed by atoms with Gasteiger partial charge in [0.1, 0.15) is 10.7 Å². The zero-order valence-corrected chi connectivity index (χ0v) is 13.8. The molecular weight excluding hydrogens is 362 g/mol. The first-order valence-corrected chi connectivity index (χ1v) is 8.38. The molecule has 114 valence electrons. The minimum absolute atomic E-state index is 0.0509. The molecule has 0 unspecified atom stereocenters. The molecule has 0 aliphatic rings. The van der Waals surface area contributed by atoms with Gasteiger partial charge in [-0.2, -0.15) is 4.98 Å². The number of sulfonamides is 1. The van der Waals surface area contributed by atoms with Gasteiger partial charge in [0.15, 0.2) is 5.82 Å². The van der Waals surface area contributed by atoms with Crippen LogP contribution < -0.4 is 10.0 Å². The van der Waals surface area contributed by atoms with Crippen LogP contribution in [-0.4, -0.2) is 30.1 Å². The second-order valence-corrected chi connectivity index (χ2v) is 6.74. The van der Waals surface area contributed by atoms with E-state index in [0.29, 0.717) is 16.8 Å². The van der Waals surface area contributed by atoms with E-state index in [2.05, 4.69) is 41.1 Å². The van der Waals surface area contributed by atoms with E-state index < -0.39 is 10.0 Å². The van der Waals surface area contributed by atoms with E-state index in [-0.39, 0.29) is 23.1 Å². The van der Waals surface area contributed by atoms with Crippen molar-refractivity contribution in [1.29, 1.82) is 0 Å². The molecule has 0 atom stereocenters. The van der Waals surface area contributed by atoms with Crippen LogP contribution in [0, 0.1) is 6.92 Å². The van der Waals surface area contributed by atoms with Crippen LogP contribution in [0.1, 0.15) is 18.6 Å². The molecule has 0 radical (unpaired) electrons. The van der Waals surface area contributed by atoms with Gasteiger partial charge in [0, 0.05) is 17.2 Å². The summed E-state index contributed by atoms with van der Waals surface area (Å²) < 4.78 is 32.6. The van der Waals surface area contributed by atoms with Gasteiger partial charge in [0.2, 0.25) is 15.9 Å². The van der Waals surface area contributed by atoms with Gasteiger partial charge in [0.05, 0.1) is 6.54 Å². The Hall–Kier alpha value is -1.52. The number of aromatic nitrogens is 3. The van der Waals surface area contributed by atoms with Crippen molar-refractivity contribution in [2.24, 2.45) is 0 Å². The molecule has 0 bridgehead atoms. The monoisotopic (exact) mass is 375 g/mol. The van der Waals surface area contributed by atoms with Gasteiger partial charge in [-0.1, -0.05) is 5.16 Å². The molecule has 0 aromatic carbocycles. The highest BCUT2D eigenvalue weighted by Gasteiger charge is 2.21. The van der Waals surface area contributed by atoms with Crippen molar-refractivity contribution in [3.05, 3.63) is 28.5 Å². The van der Waals surface area contributed by atoms with Gasteiger partial charge in [-0.3, -0.25) is 0 Å². The maximum Gasteiger partial charge on any atom is 0.244 e. The van der Waals surface area contributed by atoms with E-state index in [4.69, 9.17) is 4.52 Å². The van der Waals surface area contributed by atoms with Crippen molar-refractivity contribution in [3.8, 4) is 0 Å². The smallest absolute Gasteiger partial charge is 0.244 e. The summed E-state index contributed by atoms with van der Waals surface area (Å²) in [6.45, 7) is 3.99. The average Bonchev–Trinajstić information content (AvgIpc) is 2.85. The minimum Gasteiger partial charge on any atom is -0.369 e. The first-order chi connectivity index (χ1) is 9.92. The minimum atomic E-state index is -3.76. The average molecular weight is 376 g/mol. The highest BCUT2D eigenvalue weighted by Crippen LogP contribution is 2.22. The standard InChI is InChI=1S/C11H14BrN5O3S/c1-3-13-11-9(4-8(12)5-14-11)21(18,19)15-6-10-16-7(2)17-20-10/h4-5,15H,3,6H2,1-2H3,(H,13,14). The van der Waals surface area contributed by atoms with Gasteiger partial charge >= 0.3 is 0 Å². The lowest BCUT2D eigenvalue weighted by Gasteiger charge is -2.11. The summed E-state index contributed by atoms with van der Waals surface area (Å²) in [5.74, 6) is 0.931. The van der Waals surface area contributed by atoms with E-state index in [1.54, 1.807) is 6.92 Å². The fraction of sp³-hybridized carbons (Fsp3) is 0.364. The van der Waals surface area contributed by atoms with Crippen LogP contribution in [0.25, 0.3) is 0 Å². The molecule has 0 saturated heterocycles. The Kier molecular flexibility index (Phi) is 4.91. The highest BCUT2D eigenvalue weighted by molar-refractivity contribution is 9.10. The molecule has 0 spiro atoms. The van der Waals surface area contributed by atoms with Crippen molar-refractivity contribution >= 4 is 31.8 Å². The van der Waals surface area contributed by atoms with Crippen LogP contribution in [0.15, 0.2) is 26.2 Å². The Balaban J connectivity index is 2.24. The van der Waals surface area contributed by atoms with Crippen molar-refractivity contribution < 1.29 is 12.9 Å². The quantitative estimate of drug-likeness (QED) is 0.785. The fourth-order valence-electron chi connectivity index (χ4n) is 1.57. The SMILES string of the molecule is CCNc1ncc(Br)cc1S(=O)(=O)NCc1nc(C)no1. The van der Waals surface area contributed by atoms with Crippen molar-refractivity contribution in [3.63, 3.8) is 0 Å². The number of nitrogens with zero attached hydrogens (tertiary/aromatic N) is 3. The number of pyridine rings is 1. The van der Waals surface area contributed by atoms with Gasteiger partial charge in [-0.25, -0.2) is 18.1 Å². The number of aryl methyl sites for hydroxylation is 1. The van der Waals surface area contributed by atoms with Gasteiger partial charge in [-0.15, -0.1) is 0 Å². The predicted molar refractivity (Wildman–Crippen MR) is 79.2 cm³/mol. The van der Waals surface area contributed by atoms with Gasteiger partial charge in [-0.05, 0) is 35.8 Å². The number of hydrogen-bond donors (Lipinski definition) is 2. The number of rotatable bonds is 6. The number of nitrogens with one attached hydrogen (secondary N) is 2. The zero-order valence-electron chi connectivity index (χ0n) is 11.4. The Morgan fingerprint density at radius 3 is 2.81 bits per heavy atom. The van der Waals surface area contributed by atoms with E-state index in [1.165, 1.54) is 12.3 Å². The van der Waals surface area contributed by atoms with E-state index in [1.807, 2.05) is 6.92 Å². The summed E-state index contributed by atoms with van der Waals surface area (Å²) >= 11 is 3.22. The van der Waals surface area contributed by atoms with Crippen LogP contribution in [-0.2, 0) is 16.6 Å². The maximum absolute atomic E-state index is 12.4. The lowest BCUT2D eigenvalue weighted by Crippen LogP contribution is -2.25. The molecule has 0 aliphatic carbocycles. The molecule has 10 heteroatoms. The van der Waals surface area contributed by atoms with Gasteiger partial charge in [0.25, 0.3) is 0 Å². The second-order valence-electron chi connectivity index (χ2n) is 4.09. The number of anilines is 1. The lowest BCUT2D eigenvalue weighted by molar-refractivity contribution is 0.372. The zero-order chi connectivity index (χ0) is 15.5. The summed E-state index contributed by atoms with van der Waals surface area (Å²) in [6, 6.07) is 1.48. The Bertz CT molecular complexity index is 731. The summed E-state index contributed by atoms with van der Waals surface area (Å²) in [5, 5.41) is 6.51. The molecule has 21 heavy (non-hydrogen) atoms. The molecular formula is C11H14BrN5O3S. The largest absolute Gasteiger partial charge is 0.369 e. The van der Waals surface area contributed by atoms with Crippen molar-refractivity contribution in [2.45, 2.75) is 25.3 Å². The van der Waals surface area contributed by atoms with Crippen molar-refractivity contribution in [2.75, 3.05) is 11.9 Å². The fourth-order valence-corrected chi connectivity index (χ4v) is 3.19. The third kappa shape index (κ3) is 3.99. The topological polar surface area (TPSA) is 110 Å². The molecule has 8 nitrogen and oxygen atoms in total. The molecule has 2 heterocycles. The third-order valence-corrected chi connectivity index (χ3v) is 4.28. The summed E-state index contributed by atoms with van der Waals surface area (Å²) in [6.07, 6.45) is 1.53. The third-order valence-electron chi connectivity index (χ3n) is 2.44. The van der Waals surface area contributed by atoms with Crippen LogP contribution in [0.2, 0.25) is 0 Å². The molecule has 2 aromatic rings. The highest BCUT2D eigenvalue weighted by atomic mass is 79.9. The first kappa shape index (κ1) is 15.9. The van der Waals surface area contributed by atoms with Gasteiger partial charge < -0.3 is 9.84 Å². The maximum atomic E-state index is 12.4. The molecule has 0 fully saturated rings. The van der Waals surface area contributed by atoms with Crippen LogP contribution in [0.5, 0.6) is 0 Å². The van der Waals surface area contributed by atoms with Crippen molar-refractivity contribution in [1.82, 2.24) is 19.8 Å². The second kappa shape index (κ2) is 6.50. The molecule has 0 amide bonds. The Morgan fingerprint density at radius 1 is 1.43 bits per heavy atom. The molecule has 2 aromatic heterocycles. The summed E-state index contributed by atoms with van der Waals surface area (Å²) in [5.41, 5.74) is 0. The first-order valence-electron chi connectivity index (χ1n) is 6.10. The van der Waals surface area contributed by atoms with E-state index in [9.17, 15) is 8.42 Å². The number of hydrogen-bond acceptors (Lipinski definition) is 7. The van der Waals surface area contributed by atoms with Crippen LogP contribution >= 0.6 is 15.9 Å². The predicted octanol–water partition coefficient (Wildman–Crippen LogP) is 1.45. The molecule has 0 saturated carbocycles. The lowest BCUT2D eigenvalue weighted by atomic mass is 10.4. The van der Waals surface area contributed by atoms with Crippen LogP contribution in [0.4, 0.5) is 5.82 Å².